The van der Waals surface area contributed by atoms with Gasteiger partial charge in [-0.1, -0.05) is 93.7 Å². The average Bonchev–Trinajstić information content (AvgIpc) is 1.74. The van der Waals surface area contributed by atoms with E-state index in [2.05, 4.69) is 79.0 Å². The predicted octanol–water partition coefficient (Wildman–Crippen LogP) is 14.1. The molecule has 1 unspecified atom stereocenters. The Labute approximate surface area is 627 Å². The number of rotatable bonds is 15. The van der Waals surface area contributed by atoms with Crippen LogP contribution in [0.3, 0.4) is 0 Å². The lowest BCUT2D eigenvalue weighted by Crippen LogP contribution is -2.50. The van der Waals surface area contributed by atoms with Crippen molar-refractivity contribution in [1.82, 2.24) is 25.1 Å². The van der Waals surface area contributed by atoms with Gasteiger partial charge in [-0.2, -0.15) is 14.9 Å². The molecule has 3 aliphatic rings. The molecule has 3 saturated heterocycles. The third-order valence-electron chi connectivity index (χ3n) is 15.1. The molecule has 0 spiro atoms. The standard InChI is InChI=1S/C25H28FN5O3S.C20H20FN5OS.C19H29N5O2S2.C8H6BrFO.H3P/c1-25(2,3)34-24(33)31-13-11-30(12-14-31)19-9-7-18(8-10-19)28-23-29-22(27)21(35-23)20(32)16-5-4-6-17(26)15-16;21-14-3-1-2-13(12-14)17(27)18-19(22)25-20(28-18)24-15-4-6-16(7-5-15)26-10-8-23-9-11-26;1-5-28-16(20)22-17(27)21-14-6-8-15(9-7-14)23-10-12-24(13-11-23)18(25)26-19(2,3)4;9-5-8(11)6-2-1-3-7(10)4-6;/h4-10,15H,11-14,27H2,1-3H3,(H,28,29);1-7,12,23H,8-11,22H2,(H,24,25);6-9H,5,10-13H2,1-4H3,(H3,20,21,22,27);1-4H,5H2;1H3. The highest BCUT2D eigenvalue weighted by atomic mass is 79.9. The van der Waals surface area contributed by atoms with E-state index in [0.29, 0.717) is 70.3 Å². The van der Waals surface area contributed by atoms with Crippen molar-refractivity contribution in [2.24, 2.45) is 10.7 Å². The van der Waals surface area contributed by atoms with Crippen LogP contribution in [0.25, 0.3) is 0 Å². The van der Waals surface area contributed by atoms with Gasteiger partial charge in [-0.15, -0.1) is 0 Å². The molecule has 10 N–H and O–H groups in total. The van der Waals surface area contributed by atoms with Crippen molar-refractivity contribution in [3.8, 4) is 0 Å². The lowest BCUT2D eigenvalue weighted by Gasteiger charge is -2.36. The SMILES string of the molecule is CC(C)(C)OC(=O)N1CCN(c2ccc(Nc3nc(N)c(C(=O)c4cccc(F)c4)s3)cc2)CC1.CCSC(N)=NC(=S)Nc1ccc(N2CCN(C(=O)OC(C)(C)C)CC2)cc1.Nc1nc(Nc2ccc(N3CCNCC3)cc2)sc1C(=O)c1cccc(F)c1.O=C(CBr)c1cccc(F)c1.P. The van der Waals surface area contributed by atoms with Crippen LogP contribution in [0, 0.1) is 17.5 Å². The Kier molecular flexibility index (Phi) is 30.5. The number of anilines is 10. The second-order valence-corrected chi connectivity index (χ2v) is 29.3. The van der Waals surface area contributed by atoms with Gasteiger partial charge in [0.1, 0.15) is 50.0 Å². The van der Waals surface area contributed by atoms with Gasteiger partial charge in [-0.25, -0.2) is 32.7 Å². The van der Waals surface area contributed by atoms with Crippen molar-refractivity contribution >= 4 is 168 Å². The number of nitrogens with one attached hydrogen (secondary N) is 4. The van der Waals surface area contributed by atoms with E-state index in [9.17, 15) is 37.1 Å². The van der Waals surface area contributed by atoms with Gasteiger partial charge < -0.3 is 72.4 Å². The third-order valence-corrected chi connectivity index (χ3v) is 18.4. The molecule has 31 heteroatoms. The number of amides is 2. The predicted molar refractivity (Wildman–Crippen MR) is 425 cm³/mol. The molecular weight excluding hydrogens is 1480 g/mol. The zero-order valence-corrected chi connectivity index (χ0v) is 64.5. The first-order valence-electron chi connectivity index (χ1n) is 32.6. The molecule has 0 radical (unpaired) electrons. The highest BCUT2D eigenvalue weighted by Crippen LogP contribution is 2.33. The molecule has 8 aromatic rings. The van der Waals surface area contributed by atoms with E-state index < -0.39 is 22.8 Å². The molecular formula is C72H86BrF3N15O7PS4. The van der Waals surface area contributed by atoms with Crippen molar-refractivity contribution in [3.63, 3.8) is 0 Å². The topological polar surface area (TPSA) is 284 Å². The molecule has 22 nitrogen and oxygen atoms in total. The molecule has 5 heterocycles. The number of piperazine rings is 3. The van der Waals surface area contributed by atoms with E-state index in [4.69, 9.17) is 38.9 Å². The summed E-state index contributed by atoms with van der Waals surface area (Å²) in [6.45, 7) is 22.6. The maximum Gasteiger partial charge on any atom is 0.410 e. The summed E-state index contributed by atoms with van der Waals surface area (Å²) in [5.41, 5.74) is 23.4. The summed E-state index contributed by atoms with van der Waals surface area (Å²) in [6, 6.07) is 40.5. The fourth-order valence-electron chi connectivity index (χ4n) is 10.2. The van der Waals surface area contributed by atoms with Gasteiger partial charge in [0, 0.05) is 129 Å². The number of alkyl halides is 1. The molecule has 0 bridgehead atoms. The summed E-state index contributed by atoms with van der Waals surface area (Å²) in [6.07, 6.45) is -0.532. The Morgan fingerprint density at radius 2 is 0.932 bits per heavy atom. The van der Waals surface area contributed by atoms with Crippen molar-refractivity contribution < 1.29 is 46.6 Å². The molecule has 0 aliphatic carbocycles. The van der Waals surface area contributed by atoms with E-state index in [0.717, 1.165) is 96.1 Å². The number of hydrogen-bond acceptors (Lipinski definition) is 21. The van der Waals surface area contributed by atoms with Crippen molar-refractivity contribution in [2.75, 3.05) is 132 Å². The number of benzene rings is 6. The first-order valence-corrected chi connectivity index (χ1v) is 36.8. The van der Waals surface area contributed by atoms with Crippen LogP contribution in [-0.4, -0.2) is 160 Å². The number of amidine groups is 1. The largest absolute Gasteiger partial charge is 0.444 e. The number of ketones is 3. The van der Waals surface area contributed by atoms with Crippen LogP contribution in [0.2, 0.25) is 0 Å². The summed E-state index contributed by atoms with van der Waals surface area (Å²) in [7, 11) is 0. The minimum absolute atomic E-state index is 0. The number of thiazole rings is 2. The molecule has 103 heavy (non-hydrogen) atoms. The molecule has 0 saturated carbocycles. The van der Waals surface area contributed by atoms with Crippen LogP contribution in [0.15, 0.2) is 151 Å². The number of aromatic nitrogens is 2. The van der Waals surface area contributed by atoms with Crippen LogP contribution in [0.1, 0.15) is 89.3 Å². The molecule has 2 aromatic heterocycles. The van der Waals surface area contributed by atoms with Gasteiger partial charge in [-0.3, -0.25) is 14.4 Å². The lowest BCUT2D eigenvalue weighted by molar-refractivity contribution is 0.0230. The fraction of sp³-hybridized carbons (Fsp3) is 0.319. The smallest absolute Gasteiger partial charge is 0.410 e. The molecule has 548 valence electrons. The number of carbonyl (C=O) groups is 5. The number of thioether (sulfide) groups is 1. The number of hydrogen-bond donors (Lipinski definition) is 7. The Balaban J connectivity index is 0.000000201. The summed E-state index contributed by atoms with van der Waals surface area (Å²) < 4.78 is 50.3. The second-order valence-electron chi connectivity index (χ2n) is 25.1. The van der Waals surface area contributed by atoms with Gasteiger partial charge >= 0.3 is 12.2 Å². The number of nitrogens with two attached hydrogens (primary N) is 3. The Bertz CT molecular complexity index is 4200. The molecule has 2 amide bonds. The summed E-state index contributed by atoms with van der Waals surface area (Å²) in [5.74, 6) is -1.04. The number of nitrogen functional groups attached to an aromatic ring is 2. The Morgan fingerprint density at radius 1 is 0.573 bits per heavy atom. The minimum Gasteiger partial charge on any atom is -0.444 e. The van der Waals surface area contributed by atoms with Crippen molar-refractivity contribution in [3.05, 3.63) is 189 Å². The molecule has 11 rings (SSSR count). The van der Waals surface area contributed by atoms with Gasteiger partial charge in [0.05, 0.1) is 5.33 Å². The van der Waals surface area contributed by atoms with Crippen LogP contribution in [0.5, 0.6) is 0 Å². The van der Waals surface area contributed by atoms with Crippen molar-refractivity contribution in [2.45, 2.75) is 59.7 Å². The van der Waals surface area contributed by atoms with E-state index in [1.54, 1.807) is 28.0 Å². The normalized spacial score (nSPS) is 13.8. The van der Waals surface area contributed by atoms with Gasteiger partial charge in [0.15, 0.2) is 26.3 Å². The molecule has 3 aliphatic heterocycles. The number of carbonyl (C=O) groups excluding carboxylic acids is 5. The van der Waals surface area contributed by atoms with Crippen LogP contribution >= 0.6 is 72.5 Å². The maximum atomic E-state index is 13.5. The number of aliphatic imine (C=N–C) groups is 1. The number of thiocarbonyl (C=S) groups is 1. The Morgan fingerprint density at radius 3 is 1.29 bits per heavy atom. The number of Topliss-reactive ketones (excluding diaryl/α,β-unsaturated/α-hetero) is 1. The quantitative estimate of drug-likeness (QED) is 0.0125. The summed E-state index contributed by atoms with van der Waals surface area (Å²) >= 11 is 11.9. The minimum atomic E-state index is -0.507. The first-order chi connectivity index (χ1) is 48.6. The van der Waals surface area contributed by atoms with Gasteiger partial charge in [0.2, 0.25) is 11.6 Å². The molecule has 1 atom stereocenters. The van der Waals surface area contributed by atoms with E-state index >= 15 is 0 Å². The lowest BCUT2D eigenvalue weighted by atomic mass is 10.1. The van der Waals surface area contributed by atoms with Crippen LogP contribution in [-0.2, 0) is 9.47 Å². The first kappa shape index (κ1) is 81.4. The van der Waals surface area contributed by atoms with E-state index in [-0.39, 0.29) is 78.2 Å². The van der Waals surface area contributed by atoms with Crippen molar-refractivity contribution in [1.29, 1.82) is 0 Å². The highest BCUT2D eigenvalue weighted by Gasteiger charge is 2.29. The average molecular weight is 1570 g/mol. The van der Waals surface area contributed by atoms with E-state index in [1.807, 2.05) is 109 Å². The summed E-state index contributed by atoms with van der Waals surface area (Å²) in [4.78, 5) is 84.1. The molecule has 3 fully saturated rings. The second kappa shape index (κ2) is 38.6. The number of ether oxygens (including phenoxy) is 2. The maximum absolute atomic E-state index is 13.5. The zero-order chi connectivity index (χ0) is 73.7. The Hall–Kier alpha value is -8.90. The van der Waals surface area contributed by atoms with Gasteiger partial charge in [-0.05, 0) is 169 Å². The zero-order valence-electron chi connectivity index (χ0n) is 58.3. The van der Waals surface area contributed by atoms with E-state index in [1.165, 1.54) is 72.0 Å². The van der Waals surface area contributed by atoms with Crippen LogP contribution < -0.4 is 53.2 Å². The fourth-order valence-corrected chi connectivity index (χ4v) is 13.0. The van der Waals surface area contributed by atoms with Crippen LogP contribution in [0.4, 0.5) is 78.8 Å². The third kappa shape index (κ3) is 25.5. The molecule has 6 aromatic carbocycles. The number of halogens is 4. The van der Waals surface area contributed by atoms with Gasteiger partial charge in [0.25, 0.3) is 0 Å². The summed E-state index contributed by atoms with van der Waals surface area (Å²) in [5, 5.41) is 14.8. The highest BCUT2D eigenvalue weighted by molar-refractivity contribution is 9.09. The monoisotopic (exact) mass is 1570 g/mol. The number of nitrogens with zero attached hydrogens (tertiary/aromatic N) is 8.